The molecule has 0 saturated heterocycles. The van der Waals surface area contributed by atoms with E-state index in [0.717, 1.165) is 24.8 Å². The second-order valence-electron chi connectivity index (χ2n) is 9.01. The minimum absolute atomic E-state index is 0.162. The summed E-state index contributed by atoms with van der Waals surface area (Å²) in [6.07, 6.45) is 6.62. The molecule has 1 saturated carbocycles. The molecule has 6 nitrogen and oxygen atoms in total. The van der Waals surface area contributed by atoms with Crippen molar-refractivity contribution in [2.45, 2.75) is 50.3 Å². The Morgan fingerprint density at radius 1 is 1.11 bits per heavy atom. The Hall–Kier alpha value is -2.58. The van der Waals surface area contributed by atoms with Gasteiger partial charge in [0.2, 0.25) is 0 Å². The van der Waals surface area contributed by atoms with Gasteiger partial charge in [0.05, 0.1) is 19.9 Å². The summed E-state index contributed by atoms with van der Waals surface area (Å²) < 4.78 is 25.4. The molecule has 2 heterocycles. The van der Waals surface area contributed by atoms with Gasteiger partial charge in [-0.05, 0) is 30.5 Å². The Balaban J connectivity index is 1.53. The fourth-order valence-electron chi connectivity index (χ4n) is 5.06. The van der Waals surface area contributed by atoms with Crippen LogP contribution in [-0.2, 0) is 10.5 Å². The number of hydrogen-bond acceptors (Lipinski definition) is 6. The molecule has 9 heteroatoms. The van der Waals surface area contributed by atoms with Gasteiger partial charge in [-0.15, -0.1) is 0 Å². The number of carbonyl (C=O) groups is 1. The standard InChI is InChI=1S/C26H27ClFN3O3S/c1-33-22-12-16-20(13-23(22)34-2)29-26(35-14-17-18(27)9-6-10-19(17)28)31-21(25(32)30-24(16)31)11-15-7-4-3-5-8-15/h6,9-10,12-13,15,21H,3-5,7-8,11,14H2,1-2H3. The van der Waals surface area contributed by atoms with Gasteiger partial charge in [-0.25, -0.2) is 9.38 Å². The maximum absolute atomic E-state index is 14.5. The van der Waals surface area contributed by atoms with Crippen LogP contribution >= 0.6 is 23.4 Å². The first-order valence-corrected chi connectivity index (χ1v) is 13.2. The van der Waals surface area contributed by atoms with Crippen molar-refractivity contribution in [3.05, 3.63) is 52.3 Å². The maximum atomic E-state index is 14.5. The third-order valence-electron chi connectivity index (χ3n) is 6.89. The van der Waals surface area contributed by atoms with Gasteiger partial charge in [-0.2, -0.15) is 4.99 Å². The number of carbonyl (C=O) groups excluding carboxylic acids is 1. The molecule has 1 unspecified atom stereocenters. The summed E-state index contributed by atoms with van der Waals surface area (Å²) in [5, 5.41) is 0.973. The largest absolute Gasteiger partial charge is 0.493 e. The Morgan fingerprint density at radius 2 is 1.86 bits per heavy atom. The average molecular weight is 516 g/mol. The molecule has 2 aromatic carbocycles. The van der Waals surface area contributed by atoms with Gasteiger partial charge < -0.3 is 9.47 Å². The quantitative estimate of drug-likeness (QED) is 0.448. The van der Waals surface area contributed by atoms with E-state index in [1.165, 1.54) is 37.1 Å². The molecule has 1 aliphatic carbocycles. The van der Waals surface area contributed by atoms with Crippen molar-refractivity contribution in [1.29, 1.82) is 0 Å². The molecule has 0 N–H and O–H groups in total. The fourth-order valence-corrected chi connectivity index (χ4v) is 6.45. The molecule has 0 bridgehead atoms. The Labute approximate surface area is 213 Å². The third-order valence-corrected chi connectivity index (χ3v) is 8.23. The fraction of sp³-hybridized carbons (Fsp3) is 0.423. The van der Waals surface area contributed by atoms with Crippen LogP contribution in [0.1, 0.15) is 49.7 Å². The van der Waals surface area contributed by atoms with Crippen molar-refractivity contribution in [3.8, 4) is 11.5 Å². The molecule has 5 rings (SSSR count). The van der Waals surface area contributed by atoms with Gasteiger partial charge in [0, 0.05) is 28.0 Å². The zero-order valence-electron chi connectivity index (χ0n) is 19.7. The molecule has 2 aliphatic heterocycles. The Morgan fingerprint density at radius 3 is 2.57 bits per heavy atom. The number of rotatable bonds is 6. The summed E-state index contributed by atoms with van der Waals surface area (Å²) in [6.45, 7) is 0. The molecule has 0 aromatic heterocycles. The highest BCUT2D eigenvalue weighted by Crippen LogP contribution is 2.43. The summed E-state index contributed by atoms with van der Waals surface area (Å²) in [6, 6.07) is 7.84. The highest BCUT2D eigenvalue weighted by molar-refractivity contribution is 8.13. The van der Waals surface area contributed by atoms with E-state index in [9.17, 15) is 9.18 Å². The van der Waals surface area contributed by atoms with Crippen LogP contribution in [0.2, 0.25) is 5.02 Å². The predicted octanol–water partition coefficient (Wildman–Crippen LogP) is 6.36. The van der Waals surface area contributed by atoms with E-state index in [2.05, 4.69) is 4.99 Å². The highest BCUT2D eigenvalue weighted by atomic mass is 35.5. The highest BCUT2D eigenvalue weighted by Gasteiger charge is 2.43. The molecular formula is C26H27ClFN3O3S. The van der Waals surface area contributed by atoms with Crippen LogP contribution < -0.4 is 9.47 Å². The van der Waals surface area contributed by atoms with E-state index >= 15 is 0 Å². The molecule has 0 spiro atoms. The number of methoxy groups -OCH3 is 2. The second kappa shape index (κ2) is 10.2. The zero-order valence-corrected chi connectivity index (χ0v) is 21.3. The molecule has 35 heavy (non-hydrogen) atoms. The molecular weight excluding hydrogens is 489 g/mol. The minimum Gasteiger partial charge on any atom is -0.493 e. The molecule has 184 valence electrons. The SMILES string of the molecule is COc1cc2c(cc1OC)C1=NC(=O)C(CC3CCCCC3)N1C(SCc1c(F)cccc1Cl)=N2. The lowest BCUT2D eigenvalue weighted by molar-refractivity contribution is -0.120. The lowest BCUT2D eigenvalue weighted by atomic mass is 9.84. The number of amidine groups is 2. The Bertz CT molecular complexity index is 1190. The van der Waals surface area contributed by atoms with E-state index in [0.29, 0.717) is 44.7 Å². The number of thioether (sulfide) groups is 1. The second-order valence-corrected chi connectivity index (χ2v) is 10.4. The molecule has 3 aliphatic rings. The monoisotopic (exact) mass is 515 g/mol. The van der Waals surface area contributed by atoms with Crippen LogP contribution in [0.4, 0.5) is 10.1 Å². The van der Waals surface area contributed by atoms with Crippen LogP contribution in [0, 0.1) is 11.7 Å². The van der Waals surface area contributed by atoms with Gasteiger partial charge >= 0.3 is 0 Å². The van der Waals surface area contributed by atoms with E-state index in [4.69, 9.17) is 26.1 Å². The van der Waals surface area contributed by atoms with Crippen molar-refractivity contribution in [1.82, 2.24) is 4.90 Å². The number of nitrogens with zero attached hydrogens (tertiary/aromatic N) is 3. The first-order valence-electron chi connectivity index (χ1n) is 11.8. The molecule has 2 aromatic rings. The normalized spacial score (nSPS) is 19.7. The third kappa shape index (κ3) is 4.66. The smallest absolute Gasteiger partial charge is 0.270 e. The van der Waals surface area contributed by atoms with Crippen LogP contribution in [0.25, 0.3) is 0 Å². The molecule has 1 atom stereocenters. The molecule has 0 radical (unpaired) electrons. The van der Waals surface area contributed by atoms with E-state index < -0.39 is 6.04 Å². The minimum atomic E-state index is -0.420. The number of hydrogen-bond donors (Lipinski definition) is 0. The summed E-state index contributed by atoms with van der Waals surface area (Å²) >= 11 is 7.63. The summed E-state index contributed by atoms with van der Waals surface area (Å²) in [5.41, 5.74) is 1.76. The van der Waals surface area contributed by atoms with E-state index in [1.807, 2.05) is 11.0 Å². The number of fused-ring (bicyclic) bond motifs is 3. The van der Waals surface area contributed by atoms with Crippen LogP contribution in [0.15, 0.2) is 40.3 Å². The lowest BCUT2D eigenvalue weighted by Crippen LogP contribution is -2.44. The van der Waals surface area contributed by atoms with Crippen LogP contribution in [-0.4, -0.2) is 42.1 Å². The lowest BCUT2D eigenvalue weighted by Gasteiger charge is -2.33. The molecule has 1 fully saturated rings. The van der Waals surface area contributed by atoms with E-state index in [-0.39, 0.29) is 17.5 Å². The first-order chi connectivity index (χ1) is 17.0. The van der Waals surface area contributed by atoms with Gasteiger partial charge in [0.15, 0.2) is 16.7 Å². The predicted molar refractivity (Wildman–Crippen MR) is 138 cm³/mol. The zero-order chi connectivity index (χ0) is 24.5. The average Bonchev–Trinajstić information content (AvgIpc) is 3.19. The van der Waals surface area contributed by atoms with Gasteiger partial charge in [-0.3, -0.25) is 9.69 Å². The maximum Gasteiger partial charge on any atom is 0.270 e. The number of aliphatic imine (C=N–C) groups is 2. The number of ether oxygens (including phenoxy) is 2. The number of halogens is 2. The van der Waals surface area contributed by atoms with Crippen molar-refractivity contribution < 1.29 is 18.7 Å². The summed E-state index contributed by atoms with van der Waals surface area (Å²) in [4.78, 5) is 24.5. The van der Waals surface area contributed by atoms with Gasteiger partial charge in [0.25, 0.3) is 5.91 Å². The van der Waals surface area contributed by atoms with Crippen molar-refractivity contribution in [3.63, 3.8) is 0 Å². The number of amides is 1. The Kier molecular flexibility index (Phi) is 7.02. The van der Waals surface area contributed by atoms with E-state index in [1.54, 1.807) is 32.4 Å². The van der Waals surface area contributed by atoms with Gasteiger partial charge in [0.1, 0.15) is 17.7 Å². The first kappa shape index (κ1) is 24.1. The van der Waals surface area contributed by atoms with Crippen LogP contribution in [0.3, 0.4) is 0 Å². The molecule has 1 amide bonds. The van der Waals surface area contributed by atoms with Gasteiger partial charge in [-0.1, -0.05) is 61.5 Å². The number of benzene rings is 2. The summed E-state index contributed by atoms with van der Waals surface area (Å²) in [7, 11) is 3.14. The van der Waals surface area contributed by atoms with Crippen molar-refractivity contribution >= 4 is 46.0 Å². The topological polar surface area (TPSA) is 63.5 Å². The van der Waals surface area contributed by atoms with Crippen LogP contribution in [0.5, 0.6) is 11.5 Å². The van der Waals surface area contributed by atoms with Crippen molar-refractivity contribution in [2.24, 2.45) is 15.9 Å². The summed E-state index contributed by atoms with van der Waals surface area (Å²) in [5.74, 6) is 1.87. The van der Waals surface area contributed by atoms with Crippen molar-refractivity contribution in [2.75, 3.05) is 14.2 Å².